The topological polar surface area (TPSA) is 180 Å². The number of carboxylic acids is 1. The van der Waals surface area contributed by atoms with Crippen LogP contribution in [0.5, 0.6) is 0 Å². The van der Waals surface area contributed by atoms with Crippen molar-refractivity contribution in [3.8, 4) is 0 Å². The van der Waals surface area contributed by atoms with Gasteiger partial charge in [0.25, 0.3) is 0 Å². The first-order valence-electron chi connectivity index (χ1n) is 9.81. The van der Waals surface area contributed by atoms with Crippen LogP contribution in [0.15, 0.2) is 0 Å². The second kappa shape index (κ2) is 12.4. The normalized spacial score (nSPS) is 18.9. The Balaban J connectivity index is 2.81. The molecule has 7 N–H and O–H groups in total. The van der Waals surface area contributed by atoms with Crippen LogP contribution < -0.4 is 27.0 Å². The number of aliphatic carboxylic acids is 1. The molecule has 0 radical (unpaired) electrons. The Hall–Kier alpha value is -2.34. The molecule has 11 nitrogen and oxygen atoms in total. The van der Waals surface area contributed by atoms with Crippen molar-refractivity contribution in [3.05, 3.63) is 0 Å². The van der Waals surface area contributed by atoms with Crippen LogP contribution in [0.1, 0.15) is 39.5 Å². The molecule has 30 heavy (non-hydrogen) atoms. The molecule has 1 rings (SSSR count). The molecule has 0 aliphatic carbocycles. The van der Waals surface area contributed by atoms with Crippen LogP contribution in [-0.2, 0) is 24.0 Å². The Morgan fingerprint density at radius 2 is 1.67 bits per heavy atom. The highest BCUT2D eigenvalue weighted by molar-refractivity contribution is 7.80. The van der Waals surface area contributed by atoms with E-state index in [9.17, 15) is 29.1 Å². The largest absolute Gasteiger partial charge is 0.480 e. The van der Waals surface area contributed by atoms with Crippen LogP contribution in [0, 0.1) is 5.92 Å². The fraction of sp³-hybridized carbons (Fsp3) is 0.722. The van der Waals surface area contributed by atoms with E-state index in [1.807, 2.05) is 13.8 Å². The number of hydrogen-bond donors (Lipinski definition) is 7. The lowest BCUT2D eigenvalue weighted by Crippen LogP contribution is -2.58. The van der Waals surface area contributed by atoms with Crippen LogP contribution >= 0.6 is 12.6 Å². The summed E-state index contributed by atoms with van der Waals surface area (Å²) in [6.45, 7) is 4.38. The highest BCUT2D eigenvalue weighted by atomic mass is 32.1. The van der Waals surface area contributed by atoms with E-state index >= 15 is 0 Å². The lowest BCUT2D eigenvalue weighted by atomic mass is 10.0. The fourth-order valence-corrected chi connectivity index (χ4v) is 3.28. The Labute approximate surface area is 180 Å². The minimum atomic E-state index is -1.50. The van der Waals surface area contributed by atoms with E-state index in [2.05, 4.69) is 33.9 Å². The first-order chi connectivity index (χ1) is 14.0. The Morgan fingerprint density at radius 3 is 2.13 bits per heavy atom. The predicted octanol–water partition coefficient (Wildman–Crippen LogP) is -1.87. The SMILES string of the molecule is CC(C)CC(NC(=O)C(CS)NC(=O)C1CCCN1)C(=O)NC(CC(N)=O)C(=O)O. The summed E-state index contributed by atoms with van der Waals surface area (Å²) in [5.41, 5.74) is 5.02. The molecule has 12 heteroatoms. The van der Waals surface area contributed by atoms with Gasteiger partial charge in [-0.3, -0.25) is 19.2 Å². The molecule has 170 valence electrons. The number of amides is 4. The van der Waals surface area contributed by atoms with E-state index in [1.165, 1.54) is 0 Å². The smallest absolute Gasteiger partial charge is 0.326 e. The molecule has 0 spiro atoms. The van der Waals surface area contributed by atoms with Crippen LogP contribution in [-0.4, -0.2) is 71.2 Å². The monoisotopic (exact) mass is 445 g/mol. The van der Waals surface area contributed by atoms with Gasteiger partial charge in [0.15, 0.2) is 0 Å². The number of hydrogen-bond acceptors (Lipinski definition) is 7. The van der Waals surface area contributed by atoms with Crippen molar-refractivity contribution >= 4 is 42.2 Å². The van der Waals surface area contributed by atoms with Gasteiger partial charge in [-0.05, 0) is 31.7 Å². The van der Waals surface area contributed by atoms with Crippen LogP contribution in [0.4, 0.5) is 0 Å². The summed E-state index contributed by atoms with van der Waals surface area (Å²) < 4.78 is 0. The maximum atomic E-state index is 12.7. The van der Waals surface area contributed by atoms with Crippen molar-refractivity contribution in [1.82, 2.24) is 21.3 Å². The molecule has 1 aliphatic rings. The molecule has 0 bridgehead atoms. The summed E-state index contributed by atoms with van der Waals surface area (Å²) >= 11 is 4.11. The van der Waals surface area contributed by atoms with Crippen molar-refractivity contribution < 1.29 is 29.1 Å². The van der Waals surface area contributed by atoms with Crippen molar-refractivity contribution in [2.24, 2.45) is 11.7 Å². The van der Waals surface area contributed by atoms with E-state index in [0.29, 0.717) is 6.42 Å². The summed E-state index contributed by atoms with van der Waals surface area (Å²) in [5, 5.41) is 19.6. The third kappa shape index (κ3) is 8.57. The third-order valence-corrected chi connectivity index (χ3v) is 4.92. The highest BCUT2D eigenvalue weighted by Gasteiger charge is 2.31. The molecule has 1 saturated heterocycles. The summed E-state index contributed by atoms with van der Waals surface area (Å²) in [6, 6.07) is -3.90. The number of rotatable bonds is 12. The molecular formula is C18H31N5O6S. The maximum absolute atomic E-state index is 12.7. The summed E-state index contributed by atoms with van der Waals surface area (Å²) in [4.78, 5) is 59.8. The molecule has 1 heterocycles. The van der Waals surface area contributed by atoms with Gasteiger partial charge in [0, 0.05) is 5.75 Å². The zero-order valence-corrected chi connectivity index (χ0v) is 18.0. The number of nitrogens with two attached hydrogens (primary N) is 1. The number of carboxylic acid groups (broad SMARTS) is 1. The standard InChI is InChI=1S/C18H31N5O6S/c1-9(2)6-11(16(26)22-12(18(28)29)7-14(19)24)21-17(27)13(8-30)23-15(25)10-4-3-5-20-10/h9-13,20,30H,3-8H2,1-2H3,(H2,19,24)(H,21,27)(H,22,26)(H,23,25)(H,28,29). The first kappa shape index (κ1) is 25.7. The maximum Gasteiger partial charge on any atom is 0.326 e. The van der Waals surface area contributed by atoms with Gasteiger partial charge in [0.2, 0.25) is 23.6 Å². The van der Waals surface area contributed by atoms with Crippen LogP contribution in [0.25, 0.3) is 0 Å². The second-order valence-electron chi connectivity index (χ2n) is 7.65. The summed E-state index contributed by atoms with van der Waals surface area (Å²) in [6.07, 6.45) is 1.18. The second-order valence-corrected chi connectivity index (χ2v) is 8.02. The van der Waals surface area contributed by atoms with Gasteiger partial charge >= 0.3 is 5.97 Å². The predicted molar refractivity (Wildman–Crippen MR) is 112 cm³/mol. The molecule has 1 fully saturated rings. The van der Waals surface area contributed by atoms with Gasteiger partial charge in [-0.2, -0.15) is 12.6 Å². The summed E-state index contributed by atoms with van der Waals surface area (Å²) in [7, 11) is 0. The Kier molecular flexibility index (Phi) is 10.6. The number of carbonyl (C=O) groups is 5. The molecule has 4 unspecified atom stereocenters. The lowest BCUT2D eigenvalue weighted by Gasteiger charge is -2.25. The molecular weight excluding hydrogens is 414 g/mol. The first-order valence-corrected chi connectivity index (χ1v) is 10.4. The molecule has 4 amide bonds. The van der Waals surface area contributed by atoms with Crippen LogP contribution in [0.3, 0.4) is 0 Å². The zero-order valence-electron chi connectivity index (χ0n) is 17.1. The van der Waals surface area contributed by atoms with Gasteiger partial charge in [-0.25, -0.2) is 4.79 Å². The van der Waals surface area contributed by atoms with Gasteiger partial charge in [-0.15, -0.1) is 0 Å². The molecule has 0 saturated carbocycles. The van der Waals surface area contributed by atoms with E-state index in [0.717, 1.165) is 13.0 Å². The molecule has 0 aromatic heterocycles. The molecule has 4 atom stereocenters. The van der Waals surface area contributed by atoms with Crippen molar-refractivity contribution in [3.63, 3.8) is 0 Å². The quantitative estimate of drug-likeness (QED) is 0.172. The highest BCUT2D eigenvalue weighted by Crippen LogP contribution is 2.08. The minimum Gasteiger partial charge on any atom is -0.480 e. The van der Waals surface area contributed by atoms with Gasteiger partial charge in [-0.1, -0.05) is 13.8 Å². The number of primary amides is 1. The van der Waals surface area contributed by atoms with Gasteiger partial charge in [0.1, 0.15) is 18.1 Å². The third-order valence-electron chi connectivity index (χ3n) is 4.55. The van der Waals surface area contributed by atoms with E-state index in [-0.39, 0.29) is 30.0 Å². The number of thiol groups is 1. The van der Waals surface area contributed by atoms with E-state index in [4.69, 9.17) is 5.73 Å². The van der Waals surface area contributed by atoms with E-state index < -0.39 is 48.2 Å². The van der Waals surface area contributed by atoms with E-state index in [1.54, 1.807) is 0 Å². The Bertz CT molecular complexity index is 653. The van der Waals surface area contributed by atoms with Crippen LogP contribution in [0.2, 0.25) is 0 Å². The van der Waals surface area contributed by atoms with Crippen molar-refractivity contribution in [1.29, 1.82) is 0 Å². The zero-order chi connectivity index (χ0) is 22.8. The van der Waals surface area contributed by atoms with Gasteiger partial charge < -0.3 is 32.1 Å². The minimum absolute atomic E-state index is 0.00722. The van der Waals surface area contributed by atoms with Crippen molar-refractivity contribution in [2.75, 3.05) is 12.3 Å². The Morgan fingerprint density at radius 1 is 1.07 bits per heavy atom. The average Bonchev–Trinajstić information content (AvgIpc) is 3.18. The average molecular weight is 446 g/mol. The summed E-state index contributed by atoms with van der Waals surface area (Å²) in [5.74, 6) is -3.98. The van der Waals surface area contributed by atoms with Gasteiger partial charge in [0.05, 0.1) is 12.5 Å². The lowest BCUT2D eigenvalue weighted by molar-refractivity contribution is -0.143. The molecule has 0 aromatic carbocycles. The number of nitrogens with one attached hydrogen (secondary N) is 4. The van der Waals surface area contributed by atoms with Crippen molar-refractivity contribution in [2.45, 2.75) is 63.7 Å². The number of carbonyl (C=O) groups excluding carboxylic acids is 4. The molecule has 0 aromatic rings. The molecule has 1 aliphatic heterocycles. The fourth-order valence-electron chi connectivity index (χ4n) is 3.02.